The third-order valence-electron chi connectivity index (χ3n) is 3.05. The van der Waals surface area contributed by atoms with Gasteiger partial charge in [-0.3, -0.25) is 4.79 Å². The zero-order valence-corrected chi connectivity index (χ0v) is 12.2. The number of carbonyl (C=O) groups excluding carboxylic acids is 1. The van der Waals surface area contributed by atoms with E-state index >= 15 is 0 Å². The highest BCUT2D eigenvalue weighted by molar-refractivity contribution is 6.06. The molecule has 0 aliphatic heterocycles. The number of benzene rings is 2. The summed E-state index contributed by atoms with van der Waals surface area (Å²) in [6, 6.07) is 13.3. The Morgan fingerprint density at radius 2 is 1.76 bits per heavy atom. The van der Waals surface area contributed by atoms with Gasteiger partial charge in [0.15, 0.2) is 0 Å². The van der Waals surface area contributed by atoms with Gasteiger partial charge in [0.1, 0.15) is 0 Å². The van der Waals surface area contributed by atoms with Crippen LogP contribution in [0.15, 0.2) is 42.5 Å². The summed E-state index contributed by atoms with van der Waals surface area (Å²) in [6.45, 7) is 4.24. The molecule has 0 aliphatic rings. The molecule has 0 aromatic heterocycles. The van der Waals surface area contributed by atoms with Gasteiger partial charge in [-0.05, 0) is 43.7 Å². The van der Waals surface area contributed by atoms with Crippen molar-refractivity contribution in [1.82, 2.24) is 0 Å². The van der Waals surface area contributed by atoms with Crippen LogP contribution in [0.4, 0.5) is 5.69 Å². The van der Waals surface area contributed by atoms with Gasteiger partial charge in [-0.15, -0.1) is 0 Å². The van der Waals surface area contributed by atoms with E-state index in [1.807, 2.05) is 50.2 Å². The molecule has 0 bridgehead atoms. The lowest BCUT2D eigenvalue weighted by Gasteiger charge is -2.08. The Balaban J connectivity index is 2.28. The molecule has 0 radical (unpaired) electrons. The molecule has 3 heteroatoms. The monoisotopic (exact) mass is 278 g/mol. The van der Waals surface area contributed by atoms with Crippen molar-refractivity contribution in [3.8, 4) is 11.8 Å². The number of carbonyl (C=O) groups is 1. The quantitative estimate of drug-likeness (QED) is 0.830. The molecule has 2 rings (SSSR count). The van der Waals surface area contributed by atoms with Gasteiger partial charge in [-0.1, -0.05) is 35.6 Å². The first kappa shape index (κ1) is 14.8. The van der Waals surface area contributed by atoms with Crippen molar-refractivity contribution in [2.45, 2.75) is 13.8 Å². The van der Waals surface area contributed by atoms with Crippen LogP contribution >= 0.6 is 0 Å². The van der Waals surface area contributed by atoms with Crippen molar-refractivity contribution < 1.29 is 4.79 Å². The highest BCUT2D eigenvalue weighted by Crippen LogP contribution is 2.15. The standard InChI is InChI=1S/C18H18N2O/c1-13-5-8-16(9-6-13)20-18(21)17-10-7-14(2)12-15(17)4-3-11-19/h5-10,12H,11,19H2,1-2H3,(H,20,21). The first-order valence-corrected chi connectivity index (χ1v) is 6.78. The summed E-state index contributed by atoms with van der Waals surface area (Å²) in [4.78, 5) is 12.4. The number of nitrogens with two attached hydrogens (primary N) is 1. The van der Waals surface area contributed by atoms with Crippen molar-refractivity contribution in [2.24, 2.45) is 5.73 Å². The summed E-state index contributed by atoms with van der Waals surface area (Å²) in [7, 11) is 0. The summed E-state index contributed by atoms with van der Waals surface area (Å²) >= 11 is 0. The van der Waals surface area contributed by atoms with Gasteiger partial charge < -0.3 is 11.1 Å². The molecule has 1 amide bonds. The first-order chi connectivity index (χ1) is 10.1. The minimum atomic E-state index is -0.167. The van der Waals surface area contributed by atoms with Gasteiger partial charge in [0.2, 0.25) is 0 Å². The lowest BCUT2D eigenvalue weighted by atomic mass is 10.0. The summed E-state index contributed by atoms with van der Waals surface area (Å²) in [6.07, 6.45) is 0. The minimum absolute atomic E-state index is 0.167. The Bertz CT molecular complexity index is 706. The molecule has 2 aromatic rings. The number of hydrogen-bond donors (Lipinski definition) is 2. The predicted molar refractivity (Wildman–Crippen MR) is 86.2 cm³/mol. The number of amides is 1. The Hall–Kier alpha value is -2.57. The van der Waals surface area contributed by atoms with E-state index in [2.05, 4.69) is 17.2 Å². The predicted octanol–water partition coefficient (Wildman–Crippen LogP) is 2.87. The van der Waals surface area contributed by atoms with Crippen LogP contribution in [0.3, 0.4) is 0 Å². The van der Waals surface area contributed by atoms with Crippen LogP contribution in [0, 0.1) is 25.7 Å². The molecule has 0 heterocycles. The molecule has 0 saturated carbocycles. The summed E-state index contributed by atoms with van der Waals surface area (Å²) in [5.74, 6) is 5.58. The number of hydrogen-bond acceptors (Lipinski definition) is 2. The fraction of sp³-hybridized carbons (Fsp3) is 0.167. The van der Waals surface area contributed by atoms with Gasteiger partial charge in [-0.2, -0.15) is 0 Å². The third-order valence-corrected chi connectivity index (χ3v) is 3.05. The van der Waals surface area contributed by atoms with Crippen LogP contribution in [0.1, 0.15) is 27.0 Å². The van der Waals surface area contributed by atoms with Crippen LogP contribution in [-0.4, -0.2) is 12.5 Å². The van der Waals surface area contributed by atoms with Crippen LogP contribution < -0.4 is 11.1 Å². The molecule has 0 fully saturated rings. The van der Waals surface area contributed by atoms with E-state index in [0.29, 0.717) is 11.1 Å². The van der Waals surface area contributed by atoms with E-state index in [-0.39, 0.29) is 12.5 Å². The van der Waals surface area contributed by atoms with E-state index in [4.69, 9.17) is 5.73 Å². The van der Waals surface area contributed by atoms with Gasteiger partial charge in [-0.25, -0.2) is 0 Å². The van der Waals surface area contributed by atoms with Crippen LogP contribution in [-0.2, 0) is 0 Å². The first-order valence-electron chi connectivity index (χ1n) is 6.78. The number of rotatable bonds is 2. The lowest BCUT2D eigenvalue weighted by Crippen LogP contribution is -2.13. The maximum absolute atomic E-state index is 12.4. The largest absolute Gasteiger partial charge is 0.322 e. The molecule has 0 aliphatic carbocycles. The van der Waals surface area contributed by atoms with Crippen LogP contribution in [0.5, 0.6) is 0 Å². The number of aryl methyl sites for hydroxylation is 2. The smallest absolute Gasteiger partial charge is 0.256 e. The molecular weight excluding hydrogens is 260 g/mol. The van der Waals surface area contributed by atoms with Crippen molar-refractivity contribution in [3.63, 3.8) is 0 Å². The molecule has 0 spiro atoms. The molecule has 106 valence electrons. The Morgan fingerprint density at radius 1 is 1.10 bits per heavy atom. The third kappa shape index (κ3) is 3.95. The van der Waals surface area contributed by atoms with E-state index in [9.17, 15) is 4.79 Å². The zero-order valence-electron chi connectivity index (χ0n) is 12.2. The van der Waals surface area contributed by atoms with E-state index in [0.717, 1.165) is 16.8 Å². The lowest BCUT2D eigenvalue weighted by molar-refractivity contribution is 0.102. The normalized spacial score (nSPS) is 9.67. The maximum atomic E-state index is 12.4. The van der Waals surface area contributed by atoms with Gasteiger partial charge in [0.25, 0.3) is 5.91 Å². The van der Waals surface area contributed by atoms with Crippen molar-refractivity contribution in [2.75, 3.05) is 11.9 Å². The summed E-state index contributed by atoms with van der Waals surface area (Å²) in [5, 5.41) is 2.88. The van der Waals surface area contributed by atoms with Crippen LogP contribution in [0.2, 0.25) is 0 Å². The minimum Gasteiger partial charge on any atom is -0.322 e. The number of anilines is 1. The van der Waals surface area contributed by atoms with Gasteiger partial charge >= 0.3 is 0 Å². The number of nitrogens with one attached hydrogen (secondary N) is 1. The SMILES string of the molecule is Cc1ccc(NC(=O)c2ccc(C)cc2C#CCN)cc1. The average molecular weight is 278 g/mol. The fourth-order valence-electron chi connectivity index (χ4n) is 1.94. The summed E-state index contributed by atoms with van der Waals surface area (Å²) < 4.78 is 0. The second kappa shape index (κ2) is 6.74. The molecule has 0 atom stereocenters. The molecule has 2 aromatic carbocycles. The summed E-state index contributed by atoms with van der Waals surface area (Å²) in [5.41, 5.74) is 9.64. The van der Waals surface area contributed by atoms with Gasteiger partial charge in [0, 0.05) is 11.3 Å². The zero-order chi connectivity index (χ0) is 15.2. The second-order valence-corrected chi connectivity index (χ2v) is 4.88. The van der Waals surface area contributed by atoms with Gasteiger partial charge in [0.05, 0.1) is 12.1 Å². The highest BCUT2D eigenvalue weighted by atomic mass is 16.1. The molecule has 3 nitrogen and oxygen atoms in total. The molecule has 3 N–H and O–H groups in total. The van der Waals surface area contributed by atoms with Crippen molar-refractivity contribution >= 4 is 11.6 Å². The fourth-order valence-corrected chi connectivity index (χ4v) is 1.94. The highest BCUT2D eigenvalue weighted by Gasteiger charge is 2.10. The Morgan fingerprint density at radius 3 is 2.43 bits per heavy atom. The molecule has 0 saturated heterocycles. The van der Waals surface area contributed by atoms with Crippen molar-refractivity contribution in [3.05, 3.63) is 64.7 Å². The van der Waals surface area contributed by atoms with E-state index in [1.165, 1.54) is 0 Å². The Kier molecular flexibility index (Phi) is 4.76. The molecular formula is C18H18N2O. The van der Waals surface area contributed by atoms with E-state index in [1.54, 1.807) is 6.07 Å². The van der Waals surface area contributed by atoms with Crippen molar-refractivity contribution in [1.29, 1.82) is 0 Å². The molecule has 0 unspecified atom stereocenters. The second-order valence-electron chi connectivity index (χ2n) is 4.88. The maximum Gasteiger partial charge on any atom is 0.256 e. The van der Waals surface area contributed by atoms with Crippen LogP contribution in [0.25, 0.3) is 0 Å². The topological polar surface area (TPSA) is 55.1 Å². The Labute approximate surface area is 125 Å². The average Bonchev–Trinajstić information content (AvgIpc) is 2.47. The molecule has 21 heavy (non-hydrogen) atoms. The van der Waals surface area contributed by atoms with E-state index < -0.39 is 0 Å².